The molecule has 0 spiro atoms. The first-order chi connectivity index (χ1) is 12.7. The normalized spacial score (nSPS) is 12.7. The SMILES string of the molecule is CC#C/C(=N\OC(C)N(C)C(=O)OC(C)(C)C)c1ncc2ccccc2n1. The number of benzene rings is 1. The number of aromatic nitrogens is 2. The van der Waals surface area contributed by atoms with Gasteiger partial charge in [-0.05, 0) is 46.6 Å². The zero-order valence-corrected chi connectivity index (χ0v) is 16.5. The second-order valence-corrected chi connectivity index (χ2v) is 6.86. The van der Waals surface area contributed by atoms with Crippen LogP contribution >= 0.6 is 0 Å². The molecule has 2 rings (SSSR count). The Kier molecular flexibility index (Phi) is 6.35. The van der Waals surface area contributed by atoms with Gasteiger partial charge in [-0.3, -0.25) is 4.90 Å². The minimum absolute atomic E-state index is 0.285. The number of rotatable bonds is 4. The highest BCUT2D eigenvalue weighted by Crippen LogP contribution is 2.12. The fraction of sp³-hybridized carbons (Fsp3) is 0.400. The van der Waals surface area contributed by atoms with Crippen molar-refractivity contribution in [3.05, 3.63) is 36.3 Å². The van der Waals surface area contributed by atoms with Crippen molar-refractivity contribution >= 4 is 22.7 Å². The Balaban J connectivity index is 2.18. The Morgan fingerprint density at radius 1 is 1.30 bits per heavy atom. The van der Waals surface area contributed by atoms with E-state index in [0.717, 1.165) is 10.9 Å². The van der Waals surface area contributed by atoms with E-state index in [-0.39, 0.29) is 5.71 Å². The number of ether oxygens (including phenoxy) is 1. The van der Waals surface area contributed by atoms with Crippen LogP contribution in [0.2, 0.25) is 0 Å². The van der Waals surface area contributed by atoms with Gasteiger partial charge in [0.25, 0.3) is 0 Å². The zero-order valence-electron chi connectivity index (χ0n) is 16.5. The molecule has 142 valence electrons. The average Bonchev–Trinajstić information content (AvgIpc) is 2.62. The predicted molar refractivity (Wildman–Crippen MR) is 104 cm³/mol. The van der Waals surface area contributed by atoms with Crippen LogP contribution in [0.25, 0.3) is 10.9 Å². The molecule has 0 saturated carbocycles. The first kappa shape index (κ1) is 20.2. The summed E-state index contributed by atoms with van der Waals surface area (Å²) in [6.07, 6.45) is 0.546. The van der Waals surface area contributed by atoms with Crippen LogP contribution in [0.4, 0.5) is 4.79 Å². The van der Waals surface area contributed by atoms with E-state index in [1.54, 1.807) is 47.9 Å². The number of hydrogen-bond acceptors (Lipinski definition) is 6. The summed E-state index contributed by atoms with van der Waals surface area (Å²) in [6.45, 7) is 8.77. The minimum atomic E-state index is -0.658. The van der Waals surface area contributed by atoms with Gasteiger partial charge < -0.3 is 9.57 Å². The second-order valence-electron chi connectivity index (χ2n) is 6.86. The molecule has 1 atom stereocenters. The van der Waals surface area contributed by atoms with Crippen LogP contribution in [0, 0.1) is 11.8 Å². The number of nitrogens with zero attached hydrogens (tertiary/aromatic N) is 4. The molecule has 0 fully saturated rings. The lowest BCUT2D eigenvalue weighted by atomic mass is 10.2. The summed E-state index contributed by atoms with van der Waals surface area (Å²) in [6, 6.07) is 7.63. The summed E-state index contributed by atoms with van der Waals surface area (Å²) in [5.74, 6) is 5.97. The summed E-state index contributed by atoms with van der Waals surface area (Å²) in [5, 5.41) is 4.98. The summed E-state index contributed by atoms with van der Waals surface area (Å²) >= 11 is 0. The highest BCUT2D eigenvalue weighted by molar-refractivity contribution is 6.10. The van der Waals surface area contributed by atoms with Crippen molar-refractivity contribution in [1.82, 2.24) is 14.9 Å². The van der Waals surface area contributed by atoms with E-state index in [4.69, 9.17) is 9.57 Å². The molecule has 0 N–H and O–H groups in total. The molecule has 1 aromatic carbocycles. The highest BCUT2D eigenvalue weighted by atomic mass is 16.7. The number of fused-ring (bicyclic) bond motifs is 1. The van der Waals surface area contributed by atoms with Crippen LogP contribution in [-0.4, -0.2) is 45.5 Å². The molecular weight excluding hydrogens is 344 g/mol. The van der Waals surface area contributed by atoms with Crippen molar-refractivity contribution in [2.75, 3.05) is 7.05 Å². The summed E-state index contributed by atoms with van der Waals surface area (Å²) in [5.41, 5.74) is 0.478. The van der Waals surface area contributed by atoms with Gasteiger partial charge in [-0.15, -0.1) is 0 Å². The molecule has 7 heteroatoms. The van der Waals surface area contributed by atoms with Crippen LogP contribution in [0.3, 0.4) is 0 Å². The number of hydrogen-bond donors (Lipinski definition) is 0. The van der Waals surface area contributed by atoms with Crippen molar-refractivity contribution in [3.63, 3.8) is 0 Å². The molecule has 1 heterocycles. The molecule has 1 aromatic heterocycles. The van der Waals surface area contributed by atoms with Gasteiger partial charge in [0, 0.05) is 18.6 Å². The van der Waals surface area contributed by atoms with Crippen molar-refractivity contribution < 1.29 is 14.4 Å². The Morgan fingerprint density at radius 3 is 2.67 bits per heavy atom. The van der Waals surface area contributed by atoms with Gasteiger partial charge in [0.15, 0.2) is 11.5 Å². The van der Waals surface area contributed by atoms with Crippen molar-refractivity contribution in [2.45, 2.75) is 46.4 Å². The van der Waals surface area contributed by atoms with Crippen LogP contribution in [0.1, 0.15) is 40.4 Å². The fourth-order valence-corrected chi connectivity index (χ4v) is 2.01. The lowest BCUT2D eigenvalue weighted by Gasteiger charge is -2.27. The van der Waals surface area contributed by atoms with E-state index in [1.165, 1.54) is 4.90 Å². The monoisotopic (exact) mass is 368 g/mol. The van der Waals surface area contributed by atoms with Gasteiger partial charge >= 0.3 is 6.09 Å². The largest absolute Gasteiger partial charge is 0.444 e. The van der Waals surface area contributed by atoms with E-state index in [9.17, 15) is 4.79 Å². The number of para-hydroxylation sites is 1. The smallest absolute Gasteiger partial charge is 0.412 e. The van der Waals surface area contributed by atoms with E-state index in [1.807, 2.05) is 24.3 Å². The zero-order chi connectivity index (χ0) is 20.0. The Labute approximate surface area is 159 Å². The van der Waals surface area contributed by atoms with Gasteiger partial charge in [-0.25, -0.2) is 14.8 Å². The Morgan fingerprint density at radius 2 is 2.00 bits per heavy atom. The molecule has 0 aliphatic rings. The number of amides is 1. The topological polar surface area (TPSA) is 76.9 Å². The highest BCUT2D eigenvalue weighted by Gasteiger charge is 2.24. The third-order valence-corrected chi connectivity index (χ3v) is 3.47. The predicted octanol–water partition coefficient (Wildman–Crippen LogP) is 3.59. The minimum Gasteiger partial charge on any atom is -0.444 e. The molecule has 0 saturated heterocycles. The Hall–Kier alpha value is -3.14. The van der Waals surface area contributed by atoms with Gasteiger partial charge in [0.05, 0.1) is 5.52 Å². The third-order valence-electron chi connectivity index (χ3n) is 3.47. The molecule has 0 bridgehead atoms. The fourth-order valence-electron chi connectivity index (χ4n) is 2.01. The Bertz CT molecular complexity index is 907. The summed E-state index contributed by atoms with van der Waals surface area (Å²) in [4.78, 5) is 27.6. The molecule has 27 heavy (non-hydrogen) atoms. The van der Waals surface area contributed by atoms with Crippen molar-refractivity contribution in [1.29, 1.82) is 0 Å². The van der Waals surface area contributed by atoms with Gasteiger partial charge in [-0.2, -0.15) is 0 Å². The molecule has 1 unspecified atom stereocenters. The average molecular weight is 368 g/mol. The summed E-state index contributed by atoms with van der Waals surface area (Å²) in [7, 11) is 1.58. The quantitative estimate of drug-likeness (QED) is 0.357. The molecule has 0 aliphatic heterocycles. The lowest BCUT2D eigenvalue weighted by molar-refractivity contribution is -0.0472. The molecule has 7 nitrogen and oxygen atoms in total. The van der Waals surface area contributed by atoms with Crippen LogP contribution in [0.15, 0.2) is 35.6 Å². The number of carbonyl (C=O) groups is 1. The van der Waals surface area contributed by atoms with E-state index < -0.39 is 17.9 Å². The molecular formula is C20H24N4O3. The van der Waals surface area contributed by atoms with E-state index in [0.29, 0.717) is 5.82 Å². The third kappa shape index (κ3) is 5.68. The summed E-state index contributed by atoms with van der Waals surface area (Å²) < 4.78 is 5.31. The first-order valence-electron chi connectivity index (χ1n) is 8.56. The number of carbonyl (C=O) groups excluding carboxylic acids is 1. The van der Waals surface area contributed by atoms with Gasteiger partial charge in [-0.1, -0.05) is 29.3 Å². The molecule has 0 radical (unpaired) electrons. The maximum Gasteiger partial charge on any atom is 0.412 e. The first-order valence-corrected chi connectivity index (χ1v) is 8.56. The van der Waals surface area contributed by atoms with Crippen LogP contribution in [0.5, 0.6) is 0 Å². The van der Waals surface area contributed by atoms with Crippen LogP contribution in [-0.2, 0) is 9.57 Å². The number of oxime groups is 1. The molecule has 0 aliphatic carbocycles. The maximum absolute atomic E-state index is 12.1. The molecule has 2 aromatic rings. The molecule has 1 amide bonds. The lowest BCUT2D eigenvalue weighted by Crippen LogP contribution is -2.40. The van der Waals surface area contributed by atoms with Gasteiger partial charge in [0.1, 0.15) is 5.60 Å². The van der Waals surface area contributed by atoms with Crippen molar-refractivity contribution in [2.24, 2.45) is 5.16 Å². The maximum atomic E-state index is 12.1. The second kappa shape index (κ2) is 8.49. The van der Waals surface area contributed by atoms with Crippen LogP contribution < -0.4 is 0 Å². The van der Waals surface area contributed by atoms with E-state index in [2.05, 4.69) is 27.0 Å². The van der Waals surface area contributed by atoms with E-state index >= 15 is 0 Å². The van der Waals surface area contributed by atoms with Gasteiger partial charge in [0.2, 0.25) is 6.23 Å². The van der Waals surface area contributed by atoms with Crippen molar-refractivity contribution in [3.8, 4) is 11.8 Å². The standard InChI is InChI=1S/C20H24N4O3/c1-7-10-17(18-21-13-15-11-8-9-12-16(15)22-18)23-27-14(2)24(6)19(25)26-20(3,4)5/h8-9,11-14H,1-6H3/b23-17+.